The Morgan fingerprint density at radius 3 is 2.75 bits per heavy atom. The number of rotatable bonds is 6. The van der Waals surface area contributed by atoms with Crippen molar-refractivity contribution in [2.24, 2.45) is 5.84 Å². The van der Waals surface area contributed by atoms with Gasteiger partial charge in [-0.25, -0.2) is 0 Å². The number of methoxy groups -OCH3 is 1. The van der Waals surface area contributed by atoms with Gasteiger partial charge in [-0.05, 0) is 40.7 Å². The minimum atomic E-state index is -0.238. The summed E-state index contributed by atoms with van der Waals surface area (Å²) in [5, 5.41) is 2.07. The number of nitrogens with two attached hydrogens (primary N) is 1. The Balaban J connectivity index is 2.80. The van der Waals surface area contributed by atoms with E-state index in [2.05, 4.69) is 46.6 Å². The van der Waals surface area contributed by atoms with Gasteiger partial charge in [0.05, 0.1) is 11.6 Å². The summed E-state index contributed by atoms with van der Waals surface area (Å²) in [6, 6.07) is 2.17. The van der Waals surface area contributed by atoms with Crippen molar-refractivity contribution in [3.05, 3.63) is 20.8 Å². The van der Waals surface area contributed by atoms with E-state index in [0.717, 1.165) is 17.3 Å². The van der Waals surface area contributed by atoms with Crippen molar-refractivity contribution in [3.63, 3.8) is 0 Å². The lowest BCUT2D eigenvalue weighted by Crippen LogP contribution is -2.53. The smallest absolute Gasteiger partial charge is 0.0817 e. The molecule has 0 aliphatic rings. The van der Waals surface area contributed by atoms with Crippen LogP contribution in [0.3, 0.4) is 0 Å². The van der Waals surface area contributed by atoms with Crippen molar-refractivity contribution >= 4 is 27.3 Å². The van der Waals surface area contributed by atoms with Crippen LogP contribution in [0.4, 0.5) is 0 Å². The van der Waals surface area contributed by atoms with Crippen LogP contribution in [-0.2, 0) is 11.2 Å². The van der Waals surface area contributed by atoms with E-state index in [1.807, 2.05) is 0 Å². The minimum absolute atomic E-state index is 0.109. The topological polar surface area (TPSA) is 47.3 Å². The minimum Gasteiger partial charge on any atom is -0.377 e. The van der Waals surface area contributed by atoms with Crippen LogP contribution in [0.5, 0.6) is 0 Å². The highest BCUT2D eigenvalue weighted by Crippen LogP contribution is 2.28. The Kier molecular flexibility index (Phi) is 5.40. The van der Waals surface area contributed by atoms with Crippen LogP contribution in [0.15, 0.2) is 15.9 Å². The molecule has 3 nitrogen and oxygen atoms in total. The molecule has 0 bridgehead atoms. The Hall–Kier alpha value is 0.0600. The van der Waals surface area contributed by atoms with Crippen molar-refractivity contribution in [1.29, 1.82) is 0 Å². The fraction of sp³-hybridized carbons (Fsp3) is 0.636. The molecule has 0 fully saturated rings. The number of thiophene rings is 1. The van der Waals surface area contributed by atoms with Gasteiger partial charge in [0.1, 0.15) is 0 Å². The first-order chi connectivity index (χ1) is 7.57. The fourth-order valence-corrected chi connectivity index (χ4v) is 3.20. The van der Waals surface area contributed by atoms with Gasteiger partial charge in [-0.15, -0.1) is 11.3 Å². The number of nitrogens with one attached hydrogen (secondary N) is 1. The van der Waals surface area contributed by atoms with Crippen LogP contribution in [-0.4, -0.2) is 18.8 Å². The standard InChI is InChI=1S/C11H19BrN2OS/c1-4-11(2,15-3)10(14-13)7-9-8(12)5-6-16-9/h5-6,10,14H,4,7,13H2,1-3H3. The summed E-state index contributed by atoms with van der Waals surface area (Å²) in [6.07, 6.45) is 1.79. The van der Waals surface area contributed by atoms with Crippen LogP contribution in [0.25, 0.3) is 0 Å². The molecule has 1 rings (SSSR count). The maximum Gasteiger partial charge on any atom is 0.0817 e. The molecule has 16 heavy (non-hydrogen) atoms. The van der Waals surface area contributed by atoms with E-state index in [-0.39, 0.29) is 11.6 Å². The van der Waals surface area contributed by atoms with E-state index >= 15 is 0 Å². The van der Waals surface area contributed by atoms with Crippen LogP contribution in [0, 0.1) is 0 Å². The summed E-state index contributed by atoms with van der Waals surface area (Å²) in [6.45, 7) is 4.19. The second-order valence-corrected chi connectivity index (χ2v) is 5.84. The Labute approximate surface area is 109 Å². The van der Waals surface area contributed by atoms with Gasteiger partial charge in [0.15, 0.2) is 0 Å². The summed E-state index contributed by atoms with van der Waals surface area (Å²) in [5.41, 5.74) is 2.63. The van der Waals surface area contributed by atoms with Gasteiger partial charge in [0, 0.05) is 22.9 Å². The van der Waals surface area contributed by atoms with Gasteiger partial charge in [-0.1, -0.05) is 6.92 Å². The summed E-state index contributed by atoms with van der Waals surface area (Å²) in [4.78, 5) is 1.29. The van der Waals surface area contributed by atoms with E-state index in [9.17, 15) is 0 Å². The lowest BCUT2D eigenvalue weighted by atomic mass is 9.91. The van der Waals surface area contributed by atoms with Gasteiger partial charge in [-0.3, -0.25) is 11.3 Å². The van der Waals surface area contributed by atoms with E-state index in [1.165, 1.54) is 4.88 Å². The number of halogens is 1. The summed E-state index contributed by atoms with van der Waals surface area (Å²) in [7, 11) is 1.73. The Morgan fingerprint density at radius 1 is 1.69 bits per heavy atom. The molecule has 2 unspecified atom stereocenters. The van der Waals surface area contributed by atoms with Crippen LogP contribution in [0.1, 0.15) is 25.1 Å². The first kappa shape index (κ1) is 14.1. The number of hydrogen-bond acceptors (Lipinski definition) is 4. The van der Waals surface area contributed by atoms with Crippen molar-refractivity contribution < 1.29 is 4.74 Å². The zero-order valence-corrected chi connectivity index (χ0v) is 12.3. The van der Waals surface area contributed by atoms with Crippen molar-refractivity contribution in [1.82, 2.24) is 5.43 Å². The second-order valence-electron chi connectivity index (χ2n) is 3.99. The predicted octanol–water partition coefficient (Wildman–Crippen LogP) is 2.70. The third-order valence-corrected chi connectivity index (χ3v) is 5.14. The first-order valence-corrected chi connectivity index (χ1v) is 6.97. The zero-order valence-electron chi connectivity index (χ0n) is 9.92. The van der Waals surface area contributed by atoms with Crippen LogP contribution >= 0.6 is 27.3 Å². The Morgan fingerprint density at radius 2 is 2.38 bits per heavy atom. The maximum absolute atomic E-state index is 5.64. The summed E-state index contributed by atoms with van der Waals surface area (Å²) >= 11 is 5.27. The molecule has 5 heteroatoms. The predicted molar refractivity (Wildman–Crippen MR) is 72.5 cm³/mol. The average Bonchev–Trinajstić information content (AvgIpc) is 2.70. The Bertz CT molecular complexity index is 326. The van der Waals surface area contributed by atoms with Crippen molar-refractivity contribution in [2.75, 3.05) is 7.11 Å². The van der Waals surface area contributed by atoms with Crippen LogP contribution < -0.4 is 11.3 Å². The van der Waals surface area contributed by atoms with Crippen molar-refractivity contribution in [3.8, 4) is 0 Å². The number of hydrazine groups is 1. The molecule has 92 valence electrons. The lowest BCUT2D eigenvalue weighted by molar-refractivity contribution is -0.0286. The molecule has 0 saturated carbocycles. The highest BCUT2D eigenvalue weighted by molar-refractivity contribution is 9.10. The van der Waals surface area contributed by atoms with Gasteiger partial charge in [0.2, 0.25) is 0 Å². The molecule has 0 saturated heterocycles. The molecule has 0 amide bonds. The zero-order chi connectivity index (χ0) is 12.2. The largest absolute Gasteiger partial charge is 0.377 e. The average molecular weight is 307 g/mol. The molecule has 1 heterocycles. The molecule has 0 radical (unpaired) electrons. The molecular weight excluding hydrogens is 288 g/mol. The molecule has 1 aromatic heterocycles. The third-order valence-electron chi connectivity index (χ3n) is 3.19. The highest BCUT2D eigenvalue weighted by atomic mass is 79.9. The molecule has 0 spiro atoms. The SMILES string of the molecule is CCC(C)(OC)C(Cc1sccc1Br)NN. The van der Waals surface area contributed by atoms with E-state index < -0.39 is 0 Å². The lowest BCUT2D eigenvalue weighted by Gasteiger charge is -2.35. The van der Waals surface area contributed by atoms with Gasteiger partial charge >= 0.3 is 0 Å². The summed E-state index contributed by atoms with van der Waals surface area (Å²) in [5.74, 6) is 5.64. The fourth-order valence-electron chi connectivity index (χ4n) is 1.64. The first-order valence-electron chi connectivity index (χ1n) is 5.30. The molecule has 2 atom stereocenters. The second kappa shape index (κ2) is 6.12. The number of ether oxygens (including phenoxy) is 1. The van der Waals surface area contributed by atoms with Crippen molar-refractivity contribution in [2.45, 2.75) is 38.3 Å². The normalized spacial score (nSPS) is 17.1. The van der Waals surface area contributed by atoms with Crippen LogP contribution in [0.2, 0.25) is 0 Å². The molecular formula is C11H19BrN2OS. The third kappa shape index (κ3) is 3.05. The van der Waals surface area contributed by atoms with Gasteiger partial charge in [0.25, 0.3) is 0 Å². The monoisotopic (exact) mass is 306 g/mol. The quantitative estimate of drug-likeness (QED) is 0.627. The molecule has 1 aromatic rings. The summed E-state index contributed by atoms with van der Waals surface area (Å²) < 4.78 is 6.72. The van der Waals surface area contributed by atoms with E-state index in [4.69, 9.17) is 10.6 Å². The van der Waals surface area contributed by atoms with E-state index in [1.54, 1.807) is 18.4 Å². The molecule has 0 aromatic carbocycles. The highest BCUT2D eigenvalue weighted by Gasteiger charge is 2.32. The van der Waals surface area contributed by atoms with Gasteiger partial charge < -0.3 is 4.74 Å². The molecule has 3 N–H and O–H groups in total. The van der Waals surface area contributed by atoms with E-state index in [0.29, 0.717) is 0 Å². The molecule has 0 aliphatic carbocycles. The van der Waals surface area contributed by atoms with Gasteiger partial charge in [-0.2, -0.15) is 0 Å². The number of hydrogen-bond donors (Lipinski definition) is 2. The molecule has 0 aliphatic heterocycles. The maximum atomic E-state index is 5.64.